The first kappa shape index (κ1) is 16.9. The number of nitrogens with zero attached hydrogens (tertiary/aromatic N) is 3. The number of aromatic nitrogens is 2. The highest BCUT2D eigenvalue weighted by Crippen LogP contribution is 2.36. The zero-order valence-corrected chi connectivity index (χ0v) is 14.1. The summed E-state index contributed by atoms with van der Waals surface area (Å²) in [5, 5.41) is 18.9. The molecule has 2 aromatic heterocycles. The molecule has 0 aliphatic rings. The molecule has 0 saturated heterocycles. The molecule has 0 aliphatic heterocycles. The van der Waals surface area contributed by atoms with E-state index in [1.54, 1.807) is 25.1 Å². The summed E-state index contributed by atoms with van der Waals surface area (Å²) in [5.74, 6) is 0.716. The van der Waals surface area contributed by atoms with Gasteiger partial charge in [-0.3, -0.25) is 14.9 Å². The van der Waals surface area contributed by atoms with Gasteiger partial charge in [-0.05, 0) is 25.5 Å². The molecule has 9 heteroatoms. The number of hydrogen-bond acceptors (Lipinski definition) is 8. The van der Waals surface area contributed by atoms with Crippen molar-refractivity contribution in [1.29, 1.82) is 0 Å². The van der Waals surface area contributed by atoms with Crippen molar-refractivity contribution in [3.63, 3.8) is 0 Å². The molecule has 1 atom stereocenters. The van der Waals surface area contributed by atoms with Crippen molar-refractivity contribution in [2.24, 2.45) is 0 Å². The third kappa shape index (κ3) is 3.61. The molecule has 128 valence electrons. The Hall–Kier alpha value is -2.94. The lowest BCUT2D eigenvalue weighted by Gasteiger charge is -2.08. The molecular formula is C16H13N3O5S. The van der Waals surface area contributed by atoms with E-state index in [2.05, 4.69) is 10.2 Å². The minimum absolute atomic E-state index is 0.0313. The van der Waals surface area contributed by atoms with Crippen molar-refractivity contribution in [2.45, 2.75) is 24.3 Å². The van der Waals surface area contributed by atoms with E-state index in [9.17, 15) is 14.9 Å². The largest absolute Gasteiger partial charge is 0.448 e. The van der Waals surface area contributed by atoms with Crippen molar-refractivity contribution < 1.29 is 18.6 Å². The van der Waals surface area contributed by atoms with Crippen LogP contribution in [0, 0.1) is 17.0 Å². The Labute approximate surface area is 146 Å². The number of rotatable bonds is 6. The average molecular weight is 359 g/mol. The van der Waals surface area contributed by atoms with E-state index in [1.807, 2.05) is 6.92 Å². The number of carbonyl (C=O) groups excluding carboxylic acids is 1. The van der Waals surface area contributed by atoms with Crippen molar-refractivity contribution in [1.82, 2.24) is 10.2 Å². The van der Waals surface area contributed by atoms with Crippen LogP contribution >= 0.6 is 11.8 Å². The van der Waals surface area contributed by atoms with E-state index in [0.717, 1.165) is 5.56 Å². The van der Waals surface area contributed by atoms with Crippen molar-refractivity contribution >= 4 is 23.7 Å². The second kappa shape index (κ2) is 6.89. The van der Waals surface area contributed by atoms with Gasteiger partial charge in [-0.2, -0.15) is 0 Å². The Balaban J connectivity index is 1.79. The van der Waals surface area contributed by atoms with Gasteiger partial charge < -0.3 is 8.83 Å². The van der Waals surface area contributed by atoms with Gasteiger partial charge in [0.1, 0.15) is 0 Å². The van der Waals surface area contributed by atoms with Crippen LogP contribution in [0.1, 0.15) is 33.9 Å². The van der Waals surface area contributed by atoms with Crippen molar-refractivity contribution in [2.75, 3.05) is 0 Å². The molecular weight excluding hydrogens is 346 g/mol. The Bertz CT molecular complexity index is 934. The number of thioether (sulfide) groups is 1. The van der Waals surface area contributed by atoms with Gasteiger partial charge in [0.15, 0.2) is 17.8 Å². The van der Waals surface area contributed by atoms with Crippen LogP contribution in [-0.4, -0.2) is 21.4 Å². The van der Waals surface area contributed by atoms with Crippen LogP contribution in [0.2, 0.25) is 0 Å². The molecule has 0 bridgehead atoms. The van der Waals surface area contributed by atoms with Gasteiger partial charge in [0.05, 0.1) is 4.92 Å². The Morgan fingerprint density at radius 2 is 2.08 bits per heavy atom. The maximum Gasteiger partial charge on any atom is 0.284 e. The SMILES string of the molecule is Cc1cc(C=O)oc1-c1nnc(SC(C)c2cccc([N+](=O)[O-])c2)o1. The van der Waals surface area contributed by atoms with Gasteiger partial charge in [-0.1, -0.05) is 23.9 Å². The van der Waals surface area contributed by atoms with E-state index in [0.29, 0.717) is 22.8 Å². The van der Waals surface area contributed by atoms with Gasteiger partial charge in [0.25, 0.3) is 16.8 Å². The number of non-ortho nitro benzene ring substituents is 1. The molecule has 2 heterocycles. The fraction of sp³-hybridized carbons (Fsp3) is 0.188. The van der Waals surface area contributed by atoms with Crippen LogP contribution in [0.25, 0.3) is 11.7 Å². The molecule has 1 unspecified atom stereocenters. The van der Waals surface area contributed by atoms with Crippen LogP contribution in [0.15, 0.2) is 44.4 Å². The van der Waals surface area contributed by atoms with E-state index >= 15 is 0 Å². The van der Waals surface area contributed by atoms with Crippen molar-refractivity contribution in [3.8, 4) is 11.7 Å². The summed E-state index contributed by atoms with van der Waals surface area (Å²) in [4.78, 5) is 21.2. The maximum atomic E-state index is 10.9. The number of carbonyl (C=O) groups is 1. The summed E-state index contributed by atoms with van der Waals surface area (Å²) in [6.07, 6.45) is 0.604. The normalized spacial score (nSPS) is 12.1. The fourth-order valence-corrected chi connectivity index (χ4v) is 3.04. The Kier molecular flexibility index (Phi) is 4.66. The van der Waals surface area contributed by atoms with Crippen LogP contribution in [0.3, 0.4) is 0 Å². The molecule has 3 aromatic rings. The number of furan rings is 1. The summed E-state index contributed by atoms with van der Waals surface area (Å²) >= 11 is 1.28. The highest BCUT2D eigenvalue weighted by atomic mass is 32.2. The minimum atomic E-state index is -0.435. The molecule has 0 N–H and O–H groups in total. The van der Waals surface area contributed by atoms with Crippen LogP contribution in [0.4, 0.5) is 5.69 Å². The molecule has 3 rings (SSSR count). The number of nitro groups is 1. The number of hydrogen-bond donors (Lipinski definition) is 0. The molecule has 0 spiro atoms. The highest BCUT2D eigenvalue weighted by Gasteiger charge is 2.19. The maximum absolute atomic E-state index is 10.9. The van der Waals surface area contributed by atoms with Gasteiger partial charge >= 0.3 is 0 Å². The van der Waals surface area contributed by atoms with Crippen molar-refractivity contribution in [3.05, 3.63) is 57.3 Å². The van der Waals surface area contributed by atoms with Gasteiger partial charge in [-0.15, -0.1) is 10.2 Å². The Morgan fingerprint density at radius 1 is 1.28 bits per heavy atom. The van der Waals surface area contributed by atoms with E-state index in [4.69, 9.17) is 8.83 Å². The lowest BCUT2D eigenvalue weighted by Crippen LogP contribution is -1.92. The van der Waals surface area contributed by atoms with E-state index < -0.39 is 4.92 Å². The van der Waals surface area contributed by atoms with Gasteiger partial charge in [-0.25, -0.2) is 0 Å². The Morgan fingerprint density at radius 3 is 2.76 bits per heavy atom. The number of aldehydes is 1. The third-order valence-corrected chi connectivity index (χ3v) is 4.47. The second-order valence-electron chi connectivity index (χ2n) is 5.26. The number of benzene rings is 1. The molecule has 0 fully saturated rings. The first-order chi connectivity index (χ1) is 12.0. The predicted molar refractivity (Wildman–Crippen MR) is 89.5 cm³/mol. The topological polar surface area (TPSA) is 112 Å². The number of aryl methyl sites for hydroxylation is 1. The second-order valence-corrected chi connectivity index (χ2v) is 6.56. The highest BCUT2D eigenvalue weighted by molar-refractivity contribution is 7.99. The van der Waals surface area contributed by atoms with Crippen LogP contribution in [-0.2, 0) is 0 Å². The fourth-order valence-electron chi connectivity index (χ4n) is 2.24. The predicted octanol–water partition coefficient (Wildman–Crippen LogP) is 4.21. The lowest BCUT2D eigenvalue weighted by molar-refractivity contribution is -0.384. The summed E-state index contributed by atoms with van der Waals surface area (Å²) in [5.41, 5.74) is 1.52. The molecule has 1 aromatic carbocycles. The molecule has 25 heavy (non-hydrogen) atoms. The molecule has 8 nitrogen and oxygen atoms in total. The van der Waals surface area contributed by atoms with Crippen LogP contribution in [0.5, 0.6) is 0 Å². The minimum Gasteiger partial charge on any atom is -0.448 e. The molecule has 0 radical (unpaired) electrons. The van der Waals surface area contributed by atoms with Gasteiger partial charge in [0, 0.05) is 22.9 Å². The molecule has 0 saturated carbocycles. The van der Waals surface area contributed by atoms with E-state index in [-0.39, 0.29) is 22.6 Å². The number of nitro benzene ring substituents is 1. The quantitative estimate of drug-likeness (QED) is 0.278. The van der Waals surface area contributed by atoms with Crippen LogP contribution < -0.4 is 0 Å². The zero-order chi connectivity index (χ0) is 18.0. The summed E-state index contributed by atoms with van der Waals surface area (Å²) in [7, 11) is 0. The van der Waals surface area contributed by atoms with Gasteiger partial charge in [0.2, 0.25) is 0 Å². The molecule has 0 aliphatic carbocycles. The first-order valence-electron chi connectivity index (χ1n) is 7.28. The summed E-state index contributed by atoms with van der Waals surface area (Å²) < 4.78 is 10.9. The monoisotopic (exact) mass is 359 g/mol. The third-order valence-electron chi connectivity index (χ3n) is 3.48. The first-order valence-corrected chi connectivity index (χ1v) is 8.16. The average Bonchev–Trinajstić information content (AvgIpc) is 3.21. The molecule has 0 amide bonds. The summed E-state index contributed by atoms with van der Waals surface area (Å²) in [6, 6.07) is 7.98. The smallest absolute Gasteiger partial charge is 0.284 e. The zero-order valence-electron chi connectivity index (χ0n) is 13.3. The lowest BCUT2D eigenvalue weighted by atomic mass is 10.1. The standard InChI is InChI=1S/C16H13N3O5S/c1-9-6-13(8-20)23-14(9)15-17-18-16(24-15)25-10(2)11-4-3-5-12(7-11)19(21)22/h3-8,10H,1-2H3. The van der Waals surface area contributed by atoms with E-state index in [1.165, 1.54) is 23.9 Å². The summed E-state index contributed by atoms with van der Waals surface area (Å²) in [6.45, 7) is 3.66.